The van der Waals surface area contributed by atoms with E-state index < -0.39 is 53.9 Å². The van der Waals surface area contributed by atoms with E-state index in [1.807, 2.05) is 19.2 Å². The first-order valence-electron chi connectivity index (χ1n) is 14.4. The summed E-state index contributed by atoms with van der Waals surface area (Å²) in [4.78, 5) is 53.4. The average molecular weight is 564 g/mol. The molecule has 2 heterocycles. The lowest BCUT2D eigenvalue weighted by atomic mass is 9.58. The van der Waals surface area contributed by atoms with Crippen LogP contribution in [0.3, 0.4) is 0 Å². The number of likely N-dealkylation sites (tertiary alicyclic amines) is 1. The Balaban J connectivity index is 1.20. The van der Waals surface area contributed by atoms with E-state index in [0.717, 1.165) is 32.1 Å². The second-order valence-corrected chi connectivity index (χ2v) is 13.8. The zero-order chi connectivity index (χ0) is 28.8. The molecule has 5 saturated carbocycles. The number of hydrogen-bond acceptors (Lipinski definition) is 5. The number of alkyl halides is 3. The molecule has 2 aliphatic heterocycles. The van der Waals surface area contributed by atoms with Gasteiger partial charge in [0.1, 0.15) is 18.1 Å². The van der Waals surface area contributed by atoms with E-state index in [1.165, 1.54) is 4.90 Å². The number of halogens is 3. The zero-order valence-electron chi connectivity index (χ0n) is 22.7. The van der Waals surface area contributed by atoms with Crippen molar-refractivity contribution in [2.75, 3.05) is 6.54 Å². The van der Waals surface area contributed by atoms with Crippen LogP contribution < -0.4 is 16.0 Å². The molecule has 12 heteroatoms. The Morgan fingerprint density at radius 3 is 2.42 bits per heavy atom. The van der Waals surface area contributed by atoms with Crippen molar-refractivity contribution in [2.24, 2.45) is 40.9 Å². The molecule has 0 aromatic heterocycles. The lowest BCUT2D eigenvalue weighted by molar-refractivity contribution is -0.176. The van der Waals surface area contributed by atoms with Crippen LogP contribution in [-0.4, -0.2) is 64.9 Å². The Labute approximate surface area is 231 Å². The van der Waals surface area contributed by atoms with Crippen molar-refractivity contribution >= 4 is 23.6 Å². The van der Waals surface area contributed by atoms with Crippen LogP contribution in [0.15, 0.2) is 0 Å². The number of piperidine rings is 1. The van der Waals surface area contributed by atoms with E-state index in [4.69, 9.17) is 0 Å². The molecule has 3 N–H and O–H groups in total. The van der Waals surface area contributed by atoms with Crippen molar-refractivity contribution in [3.05, 3.63) is 0 Å². The lowest BCUT2D eigenvalue weighted by Gasteiger charge is -2.49. The first-order valence-corrected chi connectivity index (χ1v) is 14.4. The van der Waals surface area contributed by atoms with Crippen molar-refractivity contribution in [1.82, 2.24) is 20.9 Å². The quantitative estimate of drug-likeness (QED) is 0.436. The molecule has 7 aliphatic rings. The Morgan fingerprint density at radius 1 is 1.18 bits per heavy atom. The number of nitrogens with zero attached hydrogens (tertiary/aromatic N) is 2. The highest BCUT2D eigenvalue weighted by Crippen LogP contribution is 2.65. The van der Waals surface area contributed by atoms with Crippen LogP contribution >= 0.6 is 0 Å². The molecular formula is C28H36F3N5O4. The Kier molecular flexibility index (Phi) is 6.21. The van der Waals surface area contributed by atoms with Gasteiger partial charge in [-0.05, 0) is 80.0 Å². The molecule has 7 rings (SSSR count). The summed E-state index contributed by atoms with van der Waals surface area (Å²) >= 11 is 0. The van der Waals surface area contributed by atoms with Crippen molar-refractivity contribution in [3.8, 4) is 6.07 Å². The zero-order valence-corrected chi connectivity index (χ0v) is 22.7. The molecule has 4 amide bonds. The van der Waals surface area contributed by atoms with Gasteiger partial charge in [0, 0.05) is 18.0 Å². The fourth-order valence-corrected chi connectivity index (χ4v) is 8.38. The number of nitrogens with one attached hydrogen (secondary N) is 3. The fraction of sp³-hybridized carbons (Fsp3) is 0.821. The molecule has 5 aliphatic carbocycles. The molecule has 218 valence electrons. The number of carbonyl (C=O) groups excluding carboxylic acids is 4. The normalized spacial score (nSPS) is 37.4. The van der Waals surface area contributed by atoms with E-state index in [9.17, 15) is 37.6 Å². The lowest BCUT2D eigenvalue weighted by Crippen LogP contribution is -2.61. The molecule has 40 heavy (non-hydrogen) atoms. The fourth-order valence-electron chi connectivity index (χ4n) is 8.38. The largest absolute Gasteiger partial charge is 0.471 e. The predicted molar refractivity (Wildman–Crippen MR) is 134 cm³/mol. The molecule has 2 bridgehead atoms. The summed E-state index contributed by atoms with van der Waals surface area (Å²) in [5.41, 5.74) is -0.414. The molecule has 9 nitrogen and oxygen atoms in total. The minimum atomic E-state index is -5.13. The molecule has 7 atom stereocenters. The Bertz CT molecular complexity index is 1170. The predicted octanol–water partition coefficient (Wildman–Crippen LogP) is 2.02. The van der Waals surface area contributed by atoms with Gasteiger partial charge in [0.25, 0.3) is 0 Å². The van der Waals surface area contributed by atoms with Crippen molar-refractivity contribution in [2.45, 2.75) is 95.1 Å². The standard InChI is InChI=1S/C28H36F3N5O4/c1-26(2)18-12-36(24(39)20(34-25(40)28(29,30)31)17-4-3-13-7-14(17)8-13)21(19(18)26)23(38)33-16(11-32)9-15-10-27(5-6-27)35-22(15)37/h13-21H,3-10,12H2,1-2H3,(H,33,38)(H,34,40)(H,35,37)/t13?,14?,15-,16+,17?,18+,19+,20?,21+/m1/s1. The monoisotopic (exact) mass is 563 g/mol. The minimum Gasteiger partial charge on any atom is -0.350 e. The molecule has 2 unspecified atom stereocenters. The SMILES string of the molecule is CC1(C)[C@@H]2[C@@H](C(=O)N[C@H](C#N)C[C@@H]3CC4(CC4)NC3=O)N(C(=O)C(NC(=O)C(F)(F)F)C3CCC4CC3C4)C[C@@H]21. The summed E-state index contributed by atoms with van der Waals surface area (Å²) in [5.74, 6) is -3.90. The average Bonchev–Trinajstić information content (AvgIpc) is 3.59. The van der Waals surface area contributed by atoms with E-state index in [0.29, 0.717) is 18.8 Å². The Morgan fingerprint density at radius 2 is 1.88 bits per heavy atom. The topological polar surface area (TPSA) is 131 Å². The maximum absolute atomic E-state index is 14.0. The van der Waals surface area contributed by atoms with Gasteiger partial charge in [-0.2, -0.15) is 18.4 Å². The minimum absolute atomic E-state index is 0.0125. The number of carbonyl (C=O) groups is 4. The van der Waals surface area contributed by atoms with Gasteiger partial charge in [0.15, 0.2) is 0 Å². The van der Waals surface area contributed by atoms with E-state index >= 15 is 0 Å². The van der Waals surface area contributed by atoms with Crippen molar-refractivity contribution in [1.29, 1.82) is 5.26 Å². The highest BCUT2D eigenvalue weighted by atomic mass is 19.4. The summed E-state index contributed by atoms with van der Waals surface area (Å²) in [6, 6.07) is -1.19. The molecule has 0 radical (unpaired) electrons. The van der Waals surface area contributed by atoms with Gasteiger partial charge in [0.05, 0.1) is 6.07 Å². The van der Waals surface area contributed by atoms with Gasteiger partial charge in [-0.3, -0.25) is 19.2 Å². The molecule has 2 saturated heterocycles. The van der Waals surface area contributed by atoms with Gasteiger partial charge in [-0.15, -0.1) is 0 Å². The molecular weight excluding hydrogens is 527 g/mol. The van der Waals surface area contributed by atoms with Gasteiger partial charge in [0.2, 0.25) is 17.7 Å². The summed E-state index contributed by atoms with van der Waals surface area (Å²) in [5, 5.41) is 17.5. The molecule has 0 aromatic carbocycles. The molecule has 1 spiro atoms. The van der Waals surface area contributed by atoms with Crippen LogP contribution in [0.4, 0.5) is 13.2 Å². The molecule has 0 aromatic rings. The second kappa shape index (κ2) is 9.08. The van der Waals surface area contributed by atoms with Crippen molar-refractivity contribution < 1.29 is 32.3 Å². The Hall–Kier alpha value is -2.84. The summed E-state index contributed by atoms with van der Waals surface area (Å²) in [7, 11) is 0. The van der Waals surface area contributed by atoms with Crippen molar-refractivity contribution in [3.63, 3.8) is 0 Å². The van der Waals surface area contributed by atoms with E-state index in [2.05, 4.69) is 16.7 Å². The maximum atomic E-state index is 14.0. The van der Waals surface area contributed by atoms with Crippen LogP contribution in [-0.2, 0) is 19.2 Å². The van der Waals surface area contributed by atoms with Gasteiger partial charge in [-0.1, -0.05) is 20.3 Å². The number of rotatable bonds is 7. The smallest absolute Gasteiger partial charge is 0.350 e. The third-order valence-corrected chi connectivity index (χ3v) is 11.0. The third kappa shape index (κ3) is 4.53. The molecule has 7 fully saturated rings. The number of amides is 4. The first kappa shape index (κ1) is 27.3. The van der Waals surface area contributed by atoms with Crippen LogP contribution in [0, 0.1) is 52.3 Å². The van der Waals surface area contributed by atoms with Crippen LogP contribution in [0.2, 0.25) is 0 Å². The highest BCUT2D eigenvalue weighted by molar-refractivity contribution is 5.95. The summed E-state index contributed by atoms with van der Waals surface area (Å²) in [6.07, 6.45) is 0.473. The number of hydrogen-bond donors (Lipinski definition) is 3. The van der Waals surface area contributed by atoms with E-state index in [-0.39, 0.29) is 47.6 Å². The van der Waals surface area contributed by atoms with Crippen LogP contribution in [0.25, 0.3) is 0 Å². The van der Waals surface area contributed by atoms with E-state index in [1.54, 1.807) is 0 Å². The number of nitriles is 1. The summed E-state index contributed by atoms with van der Waals surface area (Å²) < 4.78 is 39.8. The van der Waals surface area contributed by atoms with Gasteiger partial charge in [-0.25, -0.2) is 0 Å². The highest BCUT2D eigenvalue weighted by Gasteiger charge is 2.70. The van der Waals surface area contributed by atoms with Crippen LogP contribution in [0.1, 0.15) is 65.2 Å². The second-order valence-electron chi connectivity index (χ2n) is 13.8. The van der Waals surface area contributed by atoms with Gasteiger partial charge >= 0.3 is 12.1 Å². The van der Waals surface area contributed by atoms with Crippen LogP contribution in [0.5, 0.6) is 0 Å². The maximum Gasteiger partial charge on any atom is 0.471 e. The first-order chi connectivity index (χ1) is 18.7. The summed E-state index contributed by atoms with van der Waals surface area (Å²) in [6.45, 7) is 4.18. The third-order valence-electron chi connectivity index (χ3n) is 11.0. The van der Waals surface area contributed by atoms with Gasteiger partial charge < -0.3 is 20.9 Å². The number of fused-ring (bicyclic) bond motifs is 3.